The number of phenols is 1. The van der Waals surface area contributed by atoms with Crippen molar-refractivity contribution in [2.75, 3.05) is 13.7 Å². The Kier molecular flexibility index (Phi) is 3.79. The van der Waals surface area contributed by atoms with Gasteiger partial charge in [-0.1, -0.05) is 11.2 Å². The molecular formula is C9H11N3O3. The highest BCUT2D eigenvalue weighted by molar-refractivity contribution is 5.42. The topological polar surface area (TPSA) is 98.5 Å². The number of phenolic OH excluding ortho intramolecular Hbond substituents is 1. The molecule has 0 aliphatic heterocycles. The maximum absolute atomic E-state index is 9.46. The number of benzene rings is 1. The molecule has 0 saturated heterocycles. The van der Waals surface area contributed by atoms with Gasteiger partial charge in [0.1, 0.15) is 0 Å². The molecule has 2 N–H and O–H groups in total. The molecule has 0 aliphatic rings. The Morgan fingerprint density at radius 2 is 2.33 bits per heavy atom. The third kappa shape index (κ3) is 2.52. The zero-order valence-electron chi connectivity index (χ0n) is 8.16. The van der Waals surface area contributed by atoms with Gasteiger partial charge in [-0.2, -0.15) is 0 Å². The lowest BCUT2D eigenvalue weighted by molar-refractivity contribution is 0.267. The van der Waals surface area contributed by atoms with Gasteiger partial charge >= 0.3 is 0 Å². The summed E-state index contributed by atoms with van der Waals surface area (Å²) < 4.78 is 4.86. The van der Waals surface area contributed by atoms with Crippen LogP contribution in [-0.4, -0.2) is 23.9 Å². The summed E-state index contributed by atoms with van der Waals surface area (Å²) in [6.45, 7) is -0.310. The molecule has 0 aromatic heterocycles. The summed E-state index contributed by atoms with van der Waals surface area (Å²) in [5.74, 6) is 0.276. The Morgan fingerprint density at radius 1 is 1.60 bits per heavy atom. The van der Waals surface area contributed by atoms with Crippen molar-refractivity contribution < 1.29 is 14.9 Å². The molecule has 0 spiro atoms. The normalized spacial score (nSPS) is 11.6. The second-order valence-electron chi connectivity index (χ2n) is 2.83. The van der Waals surface area contributed by atoms with E-state index in [1.165, 1.54) is 13.2 Å². The number of ether oxygens (including phenoxy) is 1. The van der Waals surface area contributed by atoms with Crippen molar-refractivity contribution in [3.05, 3.63) is 34.2 Å². The molecule has 80 valence electrons. The Hall–Kier alpha value is -1.91. The first-order chi connectivity index (χ1) is 7.22. The predicted molar refractivity (Wildman–Crippen MR) is 53.6 cm³/mol. The summed E-state index contributed by atoms with van der Waals surface area (Å²) in [6, 6.07) is 3.87. The van der Waals surface area contributed by atoms with Crippen molar-refractivity contribution in [3.8, 4) is 11.5 Å². The van der Waals surface area contributed by atoms with Gasteiger partial charge in [0.15, 0.2) is 11.5 Å². The van der Waals surface area contributed by atoms with Crippen molar-refractivity contribution >= 4 is 0 Å². The zero-order valence-corrected chi connectivity index (χ0v) is 8.16. The third-order valence-electron chi connectivity index (χ3n) is 1.95. The molecule has 0 bridgehead atoms. The van der Waals surface area contributed by atoms with Crippen LogP contribution in [0.5, 0.6) is 11.5 Å². The summed E-state index contributed by atoms with van der Waals surface area (Å²) >= 11 is 0. The number of aromatic hydroxyl groups is 1. The molecule has 1 atom stereocenters. The summed E-state index contributed by atoms with van der Waals surface area (Å²) in [5.41, 5.74) is 8.79. The van der Waals surface area contributed by atoms with Crippen molar-refractivity contribution in [2.45, 2.75) is 6.04 Å². The van der Waals surface area contributed by atoms with E-state index in [9.17, 15) is 5.11 Å². The highest BCUT2D eigenvalue weighted by Crippen LogP contribution is 2.29. The van der Waals surface area contributed by atoms with Crippen molar-refractivity contribution in [3.63, 3.8) is 0 Å². The zero-order chi connectivity index (χ0) is 11.3. The van der Waals surface area contributed by atoms with Gasteiger partial charge in [-0.25, -0.2) is 0 Å². The lowest BCUT2D eigenvalue weighted by atomic mass is 10.1. The highest BCUT2D eigenvalue weighted by Gasteiger charge is 2.10. The average Bonchev–Trinajstić information content (AvgIpc) is 2.25. The van der Waals surface area contributed by atoms with Crippen LogP contribution in [-0.2, 0) is 0 Å². The van der Waals surface area contributed by atoms with Gasteiger partial charge in [0.2, 0.25) is 0 Å². The fraction of sp³-hybridized carbons (Fsp3) is 0.333. The smallest absolute Gasteiger partial charge is 0.160 e. The maximum Gasteiger partial charge on any atom is 0.160 e. The van der Waals surface area contributed by atoms with Crippen LogP contribution in [0, 0.1) is 0 Å². The largest absolute Gasteiger partial charge is 0.504 e. The minimum absolute atomic E-state index is 0.0541. The number of rotatable bonds is 4. The SMILES string of the molecule is COc1ccc(C(CO)N=[N+]=[N-])cc1O. The molecule has 0 radical (unpaired) electrons. The van der Waals surface area contributed by atoms with E-state index in [1.54, 1.807) is 12.1 Å². The molecule has 0 fully saturated rings. The van der Waals surface area contributed by atoms with Gasteiger partial charge in [0, 0.05) is 4.91 Å². The van der Waals surface area contributed by atoms with E-state index in [2.05, 4.69) is 10.0 Å². The number of aliphatic hydroxyl groups excluding tert-OH is 1. The van der Waals surface area contributed by atoms with E-state index in [4.69, 9.17) is 15.4 Å². The van der Waals surface area contributed by atoms with Crippen LogP contribution >= 0.6 is 0 Å². The maximum atomic E-state index is 9.46. The van der Waals surface area contributed by atoms with E-state index in [-0.39, 0.29) is 12.4 Å². The number of nitrogens with zero attached hydrogens (tertiary/aromatic N) is 3. The molecule has 6 heteroatoms. The first-order valence-corrected chi connectivity index (χ1v) is 4.25. The summed E-state index contributed by atoms with van der Waals surface area (Å²) in [6.07, 6.45) is 0. The molecule has 1 aromatic carbocycles. The Balaban J connectivity index is 3.04. The molecule has 1 rings (SSSR count). The summed E-state index contributed by atoms with van der Waals surface area (Å²) in [7, 11) is 1.44. The van der Waals surface area contributed by atoms with Gasteiger partial charge in [-0.05, 0) is 23.2 Å². The van der Waals surface area contributed by atoms with Crippen molar-refractivity contribution in [1.82, 2.24) is 0 Å². The van der Waals surface area contributed by atoms with Gasteiger partial charge in [0.25, 0.3) is 0 Å². The molecular weight excluding hydrogens is 198 g/mol. The number of hydrogen-bond donors (Lipinski definition) is 2. The molecule has 0 heterocycles. The minimum atomic E-state index is -0.688. The first-order valence-electron chi connectivity index (χ1n) is 4.25. The van der Waals surface area contributed by atoms with Gasteiger partial charge in [-0.15, -0.1) is 0 Å². The third-order valence-corrected chi connectivity index (χ3v) is 1.95. The van der Waals surface area contributed by atoms with E-state index >= 15 is 0 Å². The van der Waals surface area contributed by atoms with E-state index in [0.29, 0.717) is 11.3 Å². The molecule has 0 saturated carbocycles. The second kappa shape index (κ2) is 5.09. The van der Waals surface area contributed by atoms with Crippen LogP contribution in [0.3, 0.4) is 0 Å². The molecule has 0 aliphatic carbocycles. The molecule has 1 unspecified atom stereocenters. The van der Waals surface area contributed by atoms with Crippen LogP contribution < -0.4 is 4.74 Å². The lowest BCUT2D eigenvalue weighted by Gasteiger charge is -2.10. The quantitative estimate of drug-likeness (QED) is 0.448. The molecule has 15 heavy (non-hydrogen) atoms. The fourth-order valence-electron chi connectivity index (χ4n) is 1.19. The van der Waals surface area contributed by atoms with Crippen LogP contribution in [0.2, 0.25) is 0 Å². The molecule has 0 amide bonds. The van der Waals surface area contributed by atoms with Crippen molar-refractivity contribution in [2.24, 2.45) is 5.11 Å². The van der Waals surface area contributed by atoms with E-state index < -0.39 is 6.04 Å². The van der Waals surface area contributed by atoms with Gasteiger partial charge in [0.05, 0.1) is 19.8 Å². The summed E-state index contributed by atoms with van der Waals surface area (Å²) in [5, 5.41) is 21.8. The standard InChI is InChI=1S/C9H11N3O3/c1-15-9-3-2-6(4-8(9)14)7(5-13)11-12-10/h2-4,7,13-14H,5H2,1H3. The molecule has 1 aromatic rings. The van der Waals surface area contributed by atoms with Crippen LogP contribution in [0.4, 0.5) is 0 Å². The highest BCUT2D eigenvalue weighted by atomic mass is 16.5. The predicted octanol–water partition coefficient (Wildman–Crippen LogP) is 1.74. The van der Waals surface area contributed by atoms with E-state index in [0.717, 1.165) is 0 Å². The Labute approximate surface area is 86.4 Å². The Bertz CT molecular complexity index is 388. The number of methoxy groups -OCH3 is 1. The fourth-order valence-corrected chi connectivity index (χ4v) is 1.19. The minimum Gasteiger partial charge on any atom is -0.504 e. The second-order valence-corrected chi connectivity index (χ2v) is 2.83. The Morgan fingerprint density at radius 3 is 2.80 bits per heavy atom. The van der Waals surface area contributed by atoms with Crippen LogP contribution in [0.15, 0.2) is 23.3 Å². The van der Waals surface area contributed by atoms with Gasteiger partial charge in [-0.3, -0.25) is 0 Å². The molecule has 6 nitrogen and oxygen atoms in total. The monoisotopic (exact) mass is 209 g/mol. The summed E-state index contributed by atoms with van der Waals surface area (Å²) in [4.78, 5) is 2.61. The van der Waals surface area contributed by atoms with Crippen LogP contribution in [0.25, 0.3) is 10.4 Å². The number of azide groups is 1. The van der Waals surface area contributed by atoms with Gasteiger partial charge < -0.3 is 14.9 Å². The van der Waals surface area contributed by atoms with Crippen molar-refractivity contribution in [1.29, 1.82) is 0 Å². The number of aliphatic hydroxyl groups is 1. The van der Waals surface area contributed by atoms with Crippen LogP contribution in [0.1, 0.15) is 11.6 Å². The first kappa shape index (κ1) is 11.2. The average molecular weight is 209 g/mol. The number of hydrogen-bond acceptors (Lipinski definition) is 4. The van der Waals surface area contributed by atoms with E-state index in [1.807, 2.05) is 0 Å². The lowest BCUT2D eigenvalue weighted by Crippen LogP contribution is -2.00.